The van der Waals surface area contributed by atoms with E-state index in [0.29, 0.717) is 37.3 Å². The lowest BCUT2D eigenvalue weighted by atomic mass is 9.89. The summed E-state index contributed by atoms with van der Waals surface area (Å²) in [7, 11) is 0. The molecule has 0 amide bonds. The number of aliphatic hydroxyl groups is 2. The number of hydrogen-bond donors (Lipinski definition) is 3. The monoisotopic (exact) mass is 426 g/mol. The smallest absolute Gasteiger partial charge is 0.286 e. The summed E-state index contributed by atoms with van der Waals surface area (Å²) in [6.45, 7) is 1.42. The van der Waals surface area contributed by atoms with Gasteiger partial charge < -0.3 is 20.2 Å². The zero-order valence-corrected chi connectivity index (χ0v) is 16.8. The van der Waals surface area contributed by atoms with Crippen molar-refractivity contribution in [1.29, 1.82) is 0 Å². The van der Waals surface area contributed by atoms with Crippen LogP contribution in [0.2, 0.25) is 0 Å². The Morgan fingerprint density at radius 1 is 1.33 bits per heavy atom. The molecule has 8 nitrogen and oxygen atoms in total. The highest BCUT2D eigenvalue weighted by atomic mass is 19.2. The maximum absolute atomic E-state index is 13.6. The lowest BCUT2D eigenvalue weighted by Crippen LogP contribution is -2.48. The number of hydrazine groups is 1. The molecule has 2 aliphatic carbocycles. The number of ether oxygens (including phenoxy) is 1. The van der Waals surface area contributed by atoms with Gasteiger partial charge in [-0.1, -0.05) is 0 Å². The molecule has 0 aromatic heterocycles. The second kappa shape index (κ2) is 7.52. The SMILES string of the molecule is [O-][N+]1=C(N2CN2C2CCC(NC(O)CC3(O)CCOC3)CC2)C2CC(F)=C(F)C=C21. The highest BCUT2D eigenvalue weighted by molar-refractivity contribution is 5.88. The van der Waals surface area contributed by atoms with E-state index in [1.807, 2.05) is 5.01 Å². The Hall–Kier alpha value is -1.59. The predicted octanol–water partition coefficient (Wildman–Crippen LogP) is 1.21. The third-order valence-electron chi connectivity index (χ3n) is 7.00. The minimum Gasteiger partial charge on any atom is -0.711 e. The van der Waals surface area contributed by atoms with Gasteiger partial charge in [-0.3, -0.25) is 5.32 Å². The normalized spacial score (nSPS) is 39.6. The number of nitrogens with zero attached hydrogens (tertiary/aromatic N) is 3. The molecule has 0 aromatic rings. The topological polar surface area (TPSA) is 93.8 Å². The Morgan fingerprint density at radius 2 is 2.10 bits per heavy atom. The molecular weight excluding hydrogens is 398 g/mol. The molecule has 0 radical (unpaired) electrons. The van der Waals surface area contributed by atoms with Gasteiger partial charge in [0.15, 0.2) is 12.5 Å². The summed E-state index contributed by atoms with van der Waals surface area (Å²) in [6.07, 6.45) is 4.55. The average molecular weight is 426 g/mol. The number of nitrogens with one attached hydrogen (secondary N) is 1. The van der Waals surface area contributed by atoms with Crippen LogP contribution in [0.1, 0.15) is 44.9 Å². The minimum absolute atomic E-state index is 0.0813. The van der Waals surface area contributed by atoms with Gasteiger partial charge in [-0.05, 0) is 25.7 Å². The number of halogens is 2. The second-order valence-corrected chi connectivity index (χ2v) is 9.13. The highest BCUT2D eigenvalue weighted by Crippen LogP contribution is 2.42. The van der Waals surface area contributed by atoms with Crippen molar-refractivity contribution in [1.82, 2.24) is 15.3 Å². The molecule has 30 heavy (non-hydrogen) atoms. The van der Waals surface area contributed by atoms with E-state index in [1.54, 1.807) is 0 Å². The molecule has 3 N–H and O–H groups in total. The number of hydrogen-bond acceptors (Lipinski definition) is 7. The second-order valence-electron chi connectivity index (χ2n) is 9.13. The average Bonchev–Trinajstić information content (AvgIpc) is 3.36. The third-order valence-corrected chi connectivity index (χ3v) is 7.00. The Balaban J connectivity index is 1.10. The standard InChI is InChI=1S/C20H28F2N4O4/c21-15-7-14-17(8-16(15)22)26(29)19(14)25-11-24(25)13-3-1-12(2-4-13)23-18(27)9-20(28)5-6-30-10-20/h8,12-14,18,23,27-28H,1-7,9-11H2. The molecule has 10 heteroatoms. The molecule has 3 aliphatic heterocycles. The van der Waals surface area contributed by atoms with Gasteiger partial charge in [0.2, 0.25) is 0 Å². The van der Waals surface area contributed by atoms with Crippen LogP contribution in [0.4, 0.5) is 8.78 Å². The van der Waals surface area contributed by atoms with Gasteiger partial charge in [0.25, 0.3) is 5.84 Å². The zero-order valence-electron chi connectivity index (χ0n) is 16.8. The van der Waals surface area contributed by atoms with Crippen LogP contribution in [0.15, 0.2) is 23.4 Å². The van der Waals surface area contributed by atoms with Crippen molar-refractivity contribution in [2.45, 2.75) is 68.9 Å². The van der Waals surface area contributed by atoms with Crippen molar-refractivity contribution in [2.24, 2.45) is 5.92 Å². The summed E-state index contributed by atoms with van der Waals surface area (Å²) < 4.78 is 32.9. The van der Waals surface area contributed by atoms with Crippen LogP contribution in [-0.4, -0.2) is 74.6 Å². The van der Waals surface area contributed by atoms with Crippen LogP contribution in [0.25, 0.3) is 0 Å². The van der Waals surface area contributed by atoms with E-state index < -0.39 is 23.5 Å². The quantitative estimate of drug-likeness (QED) is 0.263. The first-order chi connectivity index (χ1) is 14.3. The first kappa shape index (κ1) is 20.3. The fourth-order valence-electron chi connectivity index (χ4n) is 5.22. The van der Waals surface area contributed by atoms with Gasteiger partial charge in [0, 0.05) is 38.0 Å². The van der Waals surface area contributed by atoms with E-state index in [1.165, 1.54) is 0 Å². The molecule has 2 saturated heterocycles. The molecule has 0 aromatic carbocycles. The first-order valence-electron chi connectivity index (χ1n) is 10.7. The lowest BCUT2D eigenvalue weighted by molar-refractivity contribution is -0.448. The molecule has 0 spiro atoms. The summed E-state index contributed by atoms with van der Waals surface area (Å²) in [4.78, 5) is 0. The van der Waals surface area contributed by atoms with E-state index in [9.17, 15) is 24.2 Å². The van der Waals surface area contributed by atoms with E-state index in [0.717, 1.165) is 36.5 Å². The van der Waals surface area contributed by atoms with Crippen LogP contribution in [0, 0.1) is 11.1 Å². The first-order valence-corrected chi connectivity index (χ1v) is 10.7. The lowest BCUT2D eigenvalue weighted by Gasteiger charge is -2.35. The molecule has 166 valence electrons. The summed E-state index contributed by atoms with van der Waals surface area (Å²) in [5.41, 5.74) is -0.648. The largest absolute Gasteiger partial charge is 0.711 e. The van der Waals surface area contributed by atoms with E-state index in [4.69, 9.17) is 4.74 Å². The Labute approximate surface area is 173 Å². The van der Waals surface area contributed by atoms with Crippen molar-refractivity contribution in [2.75, 3.05) is 19.9 Å². The summed E-state index contributed by atoms with van der Waals surface area (Å²) in [5, 5.41) is 40.1. The fraction of sp³-hybridized carbons (Fsp3) is 0.750. The molecule has 5 aliphatic rings. The van der Waals surface area contributed by atoms with Gasteiger partial charge in [-0.15, -0.1) is 5.01 Å². The van der Waals surface area contributed by atoms with E-state index in [2.05, 4.69) is 10.3 Å². The Kier molecular flexibility index (Phi) is 5.10. The van der Waals surface area contributed by atoms with Crippen LogP contribution in [0.5, 0.6) is 0 Å². The van der Waals surface area contributed by atoms with Crippen LogP contribution >= 0.6 is 0 Å². The number of amidine groups is 1. The van der Waals surface area contributed by atoms with Gasteiger partial charge in [-0.2, -0.15) is 5.01 Å². The number of rotatable bonds is 5. The van der Waals surface area contributed by atoms with Gasteiger partial charge in [0.1, 0.15) is 23.7 Å². The molecule has 4 atom stereocenters. The van der Waals surface area contributed by atoms with Crippen molar-refractivity contribution < 1.29 is 28.5 Å². The summed E-state index contributed by atoms with van der Waals surface area (Å²) in [6, 6.07) is 0.472. The summed E-state index contributed by atoms with van der Waals surface area (Å²) in [5.74, 6) is -1.58. The Bertz CT molecular complexity index is 803. The maximum Gasteiger partial charge on any atom is 0.286 e. The number of allylic oxidation sites excluding steroid dienone is 3. The molecule has 0 bridgehead atoms. The molecule has 1 saturated carbocycles. The molecule has 3 heterocycles. The minimum atomic E-state index is -0.946. The van der Waals surface area contributed by atoms with Crippen LogP contribution < -0.4 is 5.32 Å². The molecule has 5 rings (SSSR count). The number of hydroxylamine groups is 1. The summed E-state index contributed by atoms with van der Waals surface area (Å²) >= 11 is 0. The van der Waals surface area contributed by atoms with Gasteiger partial charge >= 0.3 is 0 Å². The van der Waals surface area contributed by atoms with Crippen molar-refractivity contribution >= 4 is 5.84 Å². The van der Waals surface area contributed by atoms with E-state index in [-0.39, 0.29) is 31.4 Å². The van der Waals surface area contributed by atoms with Crippen molar-refractivity contribution in [3.63, 3.8) is 0 Å². The van der Waals surface area contributed by atoms with Gasteiger partial charge in [-0.25, -0.2) is 13.5 Å². The number of aliphatic hydroxyl groups excluding tert-OH is 1. The number of fused-ring (bicyclic) bond motifs is 1. The van der Waals surface area contributed by atoms with Crippen LogP contribution in [-0.2, 0) is 4.74 Å². The molecule has 4 unspecified atom stereocenters. The van der Waals surface area contributed by atoms with Crippen LogP contribution in [0.3, 0.4) is 0 Å². The predicted molar refractivity (Wildman–Crippen MR) is 103 cm³/mol. The fourth-order valence-corrected chi connectivity index (χ4v) is 5.22. The van der Waals surface area contributed by atoms with E-state index >= 15 is 0 Å². The van der Waals surface area contributed by atoms with Gasteiger partial charge in [0.05, 0.1) is 18.2 Å². The zero-order chi connectivity index (χ0) is 21.0. The maximum atomic E-state index is 13.6. The van der Waals surface area contributed by atoms with Crippen molar-refractivity contribution in [3.8, 4) is 0 Å². The van der Waals surface area contributed by atoms with Crippen molar-refractivity contribution in [3.05, 3.63) is 28.6 Å². The third kappa shape index (κ3) is 3.64. The highest BCUT2D eigenvalue weighted by Gasteiger charge is 2.57. The Morgan fingerprint density at radius 3 is 2.80 bits per heavy atom. The molecular formula is C20H28F2N4O4. The molecule has 3 fully saturated rings.